The van der Waals surface area contributed by atoms with Crippen LogP contribution in [0.3, 0.4) is 0 Å². The summed E-state index contributed by atoms with van der Waals surface area (Å²) in [5.41, 5.74) is 4.71. The number of nitrogens with zero attached hydrogens (tertiary/aromatic N) is 2. The number of hydrazone groups is 1. The minimum absolute atomic E-state index is 0.0111. The van der Waals surface area contributed by atoms with E-state index in [0.717, 1.165) is 47.5 Å². The zero-order valence-electron chi connectivity index (χ0n) is 15.7. The Labute approximate surface area is 178 Å². The van der Waals surface area contributed by atoms with Crippen LogP contribution in [0.15, 0.2) is 52.0 Å². The average Bonchev–Trinajstić information content (AvgIpc) is 2.70. The maximum atomic E-state index is 12.4. The number of hydrogen-bond donors (Lipinski definition) is 1. The van der Waals surface area contributed by atoms with Crippen molar-refractivity contribution in [3.63, 3.8) is 0 Å². The van der Waals surface area contributed by atoms with Gasteiger partial charge in [0.15, 0.2) is 0 Å². The smallest absolute Gasteiger partial charge is 0.243 e. The lowest BCUT2D eigenvalue weighted by Gasteiger charge is -2.30. The highest BCUT2D eigenvalue weighted by atomic mass is 79.9. The molecule has 28 heavy (non-hydrogen) atoms. The van der Waals surface area contributed by atoms with Gasteiger partial charge in [0.25, 0.3) is 0 Å². The number of methoxy groups -OCH3 is 1. The van der Waals surface area contributed by atoms with Gasteiger partial charge in [-0.15, -0.1) is 0 Å². The number of hydrogen-bond acceptors (Lipinski definition) is 4. The zero-order valence-corrected chi connectivity index (χ0v) is 18.0. The second kappa shape index (κ2) is 10.0. The summed E-state index contributed by atoms with van der Waals surface area (Å²) >= 11 is 9.36. The molecular formula is C21H23BrClN3O2. The van der Waals surface area contributed by atoms with E-state index in [2.05, 4.69) is 31.4 Å². The monoisotopic (exact) mass is 463 g/mol. The van der Waals surface area contributed by atoms with Crippen LogP contribution in [0.1, 0.15) is 24.0 Å². The second-order valence-corrected chi connectivity index (χ2v) is 8.15. The van der Waals surface area contributed by atoms with Gasteiger partial charge in [0.2, 0.25) is 5.91 Å². The Morgan fingerprint density at radius 1 is 1.29 bits per heavy atom. The molecule has 3 rings (SSSR count). The molecule has 0 saturated carbocycles. The fourth-order valence-electron chi connectivity index (χ4n) is 3.26. The van der Waals surface area contributed by atoms with E-state index in [1.165, 1.54) is 5.56 Å². The number of carbonyl (C=O) groups is 1. The van der Waals surface area contributed by atoms with Crippen molar-refractivity contribution in [2.45, 2.75) is 19.4 Å². The van der Waals surface area contributed by atoms with Gasteiger partial charge in [0.05, 0.1) is 13.3 Å². The Bertz CT molecular complexity index is 834. The van der Waals surface area contributed by atoms with Crippen LogP contribution in [0.4, 0.5) is 0 Å². The van der Waals surface area contributed by atoms with Crippen molar-refractivity contribution in [1.82, 2.24) is 10.3 Å². The summed E-state index contributed by atoms with van der Waals surface area (Å²) < 4.78 is 6.23. The van der Waals surface area contributed by atoms with E-state index in [1.54, 1.807) is 13.3 Å². The number of piperidine rings is 1. The number of nitrogens with one attached hydrogen (secondary N) is 1. The molecule has 5 nitrogen and oxygen atoms in total. The highest BCUT2D eigenvalue weighted by molar-refractivity contribution is 9.10. The van der Waals surface area contributed by atoms with Crippen LogP contribution in [0.2, 0.25) is 5.02 Å². The average molecular weight is 465 g/mol. The predicted octanol–water partition coefficient (Wildman–Crippen LogP) is 4.47. The number of likely N-dealkylation sites (tertiary alicyclic amines) is 1. The largest absolute Gasteiger partial charge is 0.496 e. The van der Waals surface area contributed by atoms with Crippen molar-refractivity contribution in [3.05, 3.63) is 63.1 Å². The second-order valence-electron chi connectivity index (χ2n) is 6.80. The summed E-state index contributed by atoms with van der Waals surface area (Å²) in [7, 11) is 1.61. The third-order valence-corrected chi connectivity index (χ3v) is 5.59. The van der Waals surface area contributed by atoms with Gasteiger partial charge in [-0.05, 0) is 61.8 Å². The lowest BCUT2D eigenvalue weighted by molar-refractivity contribution is -0.126. The Morgan fingerprint density at radius 3 is 2.68 bits per heavy atom. The Kier molecular flexibility index (Phi) is 7.48. The lowest BCUT2D eigenvalue weighted by atomic mass is 9.96. The zero-order chi connectivity index (χ0) is 19.9. The van der Waals surface area contributed by atoms with Gasteiger partial charge in [0, 0.05) is 27.5 Å². The van der Waals surface area contributed by atoms with E-state index in [-0.39, 0.29) is 11.8 Å². The molecule has 2 aromatic carbocycles. The molecule has 1 fully saturated rings. The maximum Gasteiger partial charge on any atom is 0.243 e. The number of ether oxygens (including phenoxy) is 1. The van der Waals surface area contributed by atoms with Crippen LogP contribution in [0, 0.1) is 5.92 Å². The molecule has 0 spiro atoms. The summed E-state index contributed by atoms with van der Waals surface area (Å²) in [6.07, 6.45) is 3.27. The fraction of sp³-hybridized carbons (Fsp3) is 0.333. The number of benzene rings is 2. The lowest BCUT2D eigenvalue weighted by Crippen LogP contribution is -2.39. The standard InChI is InChI=1S/C21H23BrClN3O2/c1-28-20-7-4-18(22)12-17(20)13-24-25-21(27)16-8-10-26(11-9-16)14-15-2-5-19(23)6-3-15/h2-7,12-13,16H,8-11,14H2,1H3,(H,25,27)/b24-13+. The van der Waals surface area contributed by atoms with Gasteiger partial charge in [-0.1, -0.05) is 39.7 Å². The minimum Gasteiger partial charge on any atom is -0.496 e. The summed E-state index contributed by atoms with van der Waals surface area (Å²) in [5, 5.41) is 4.86. The molecular weight excluding hydrogens is 442 g/mol. The van der Waals surface area contributed by atoms with Crippen LogP contribution in [0.5, 0.6) is 5.75 Å². The third-order valence-electron chi connectivity index (χ3n) is 4.85. The van der Waals surface area contributed by atoms with Crippen LogP contribution < -0.4 is 10.2 Å². The molecule has 0 unspecified atom stereocenters. The summed E-state index contributed by atoms with van der Waals surface area (Å²) in [4.78, 5) is 14.8. The highest BCUT2D eigenvalue weighted by Gasteiger charge is 2.24. The van der Waals surface area contributed by atoms with Gasteiger partial charge in [0.1, 0.15) is 5.75 Å². The normalized spacial score (nSPS) is 15.7. The number of halogens is 2. The highest BCUT2D eigenvalue weighted by Crippen LogP contribution is 2.22. The van der Waals surface area contributed by atoms with Crippen LogP contribution >= 0.6 is 27.5 Å². The maximum absolute atomic E-state index is 12.4. The molecule has 1 N–H and O–H groups in total. The Morgan fingerprint density at radius 2 is 2.00 bits per heavy atom. The topological polar surface area (TPSA) is 53.9 Å². The van der Waals surface area contributed by atoms with E-state index in [0.29, 0.717) is 5.75 Å². The molecule has 1 aliphatic rings. The molecule has 7 heteroatoms. The van der Waals surface area contributed by atoms with Crippen LogP contribution in [-0.4, -0.2) is 37.2 Å². The Hall–Kier alpha value is -1.89. The van der Waals surface area contributed by atoms with Gasteiger partial charge in [-0.25, -0.2) is 5.43 Å². The first kappa shape index (κ1) is 20.8. The predicted molar refractivity (Wildman–Crippen MR) is 116 cm³/mol. The van der Waals surface area contributed by atoms with E-state index >= 15 is 0 Å². The fourth-order valence-corrected chi connectivity index (χ4v) is 3.77. The number of rotatable bonds is 6. The van der Waals surface area contributed by atoms with E-state index in [1.807, 2.05) is 42.5 Å². The van der Waals surface area contributed by atoms with Crippen molar-refractivity contribution in [2.24, 2.45) is 11.0 Å². The van der Waals surface area contributed by atoms with E-state index < -0.39 is 0 Å². The first-order valence-electron chi connectivity index (χ1n) is 9.18. The van der Waals surface area contributed by atoms with Gasteiger partial charge < -0.3 is 4.74 Å². The summed E-state index contributed by atoms with van der Waals surface area (Å²) in [6, 6.07) is 13.6. The molecule has 0 bridgehead atoms. The van der Waals surface area contributed by atoms with Crippen LogP contribution in [-0.2, 0) is 11.3 Å². The molecule has 0 radical (unpaired) electrons. The molecule has 0 aromatic heterocycles. The summed E-state index contributed by atoms with van der Waals surface area (Å²) in [5.74, 6) is 0.663. The minimum atomic E-state index is -0.0312. The van der Waals surface area contributed by atoms with Gasteiger partial charge in [-0.3, -0.25) is 9.69 Å². The number of carbonyl (C=O) groups excluding carboxylic acids is 1. The molecule has 0 aliphatic carbocycles. The molecule has 1 amide bonds. The van der Waals surface area contributed by atoms with Crippen molar-refractivity contribution in [3.8, 4) is 5.75 Å². The van der Waals surface area contributed by atoms with Gasteiger partial charge in [-0.2, -0.15) is 5.10 Å². The molecule has 1 aliphatic heterocycles. The van der Waals surface area contributed by atoms with Crippen molar-refractivity contribution in [1.29, 1.82) is 0 Å². The SMILES string of the molecule is COc1ccc(Br)cc1/C=N/NC(=O)C1CCN(Cc2ccc(Cl)cc2)CC1. The molecule has 1 saturated heterocycles. The van der Waals surface area contributed by atoms with Crippen LogP contribution in [0.25, 0.3) is 0 Å². The third kappa shape index (κ3) is 5.80. The molecule has 2 aromatic rings. The molecule has 0 atom stereocenters. The van der Waals surface area contributed by atoms with E-state index in [4.69, 9.17) is 16.3 Å². The first-order chi connectivity index (χ1) is 13.5. The van der Waals surface area contributed by atoms with Gasteiger partial charge >= 0.3 is 0 Å². The van der Waals surface area contributed by atoms with Crippen molar-refractivity contribution in [2.75, 3.05) is 20.2 Å². The quantitative estimate of drug-likeness (QED) is 0.507. The number of amides is 1. The van der Waals surface area contributed by atoms with Crippen molar-refractivity contribution >= 4 is 39.7 Å². The molecule has 148 valence electrons. The Balaban J connectivity index is 1.47. The summed E-state index contributed by atoms with van der Waals surface area (Å²) in [6.45, 7) is 2.67. The van der Waals surface area contributed by atoms with Crippen molar-refractivity contribution < 1.29 is 9.53 Å². The van der Waals surface area contributed by atoms with E-state index in [9.17, 15) is 4.79 Å². The first-order valence-corrected chi connectivity index (χ1v) is 10.4. The molecule has 1 heterocycles.